The number of nitrogens with two attached hydrogens (primary N) is 1. The lowest BCUT2D eigenvalue weighted by Gasteiger charge is -2.29. The summed E-state index contributed by atoms with van der Waals surface area (Å²) in [5.41, 5.74) is 5.34. The number of carbonyl (C=O) groups excluding carboxylic acids is 1. The van der Waals surface area contributed by atoms with Gasteiger partial charge >= 0.3 is 5.97 Å². The maximum absolute atomic E-state index is 12.3. The molecule has 0 saturated carbocycles. The molecule has 1 aliphatic heterocycles. The Balaban J connectivity index is 2.64. The average Bonchev–Trinajstić information content (AvgIpc) is 2.71. The molecule has 0 bridgehead atoms. The number of carbonyl (C=O) groups is 2. The van der Waals surface area contributed by atoms with Gasteiger partial charge in [-0.15, -0.1) is 0 Å². The number of rotatable bonds is 5. The van der Waals surface area contributed by atoms with Crippen LogP contribution >= 0.6 is 0 Å². The predicted molar refractivity (Wildman–Crippen MR) is 82.8 cm³/mol. The molecule has 0 aromatic carbocycles. The Morgan fingerprint density at radius 1 is 1.33 bits per heavy atom. The predicted octanol–water partition coefficient (Wildman–Crippen LogP) is 2.10. The van der Waals surface area contributed by atoms with E-state index in [9.17, 15) is 14.7 Å². The third kappa shape index (κ3) is 4.43. The molecule has 2 atom stereocenters. The number of aliphatic carboxylic acids is 1. The largest absolute Gasteiger partial charge is 0.481 e. The Morgan fingerprint density at radius 3 is 2.29 bits per heavy atom. The van der Waals surface area contributed by atoms with Crippen molar-refractivity contribution < 1.29 is 14.7 Å². The molecule has 1 heterocycles. The lowest BCUT2D eigenvalue weighted by molar-refractivity contribution is -0.151. The molecule has 0 aromatic rings. The highest BCUT2D eigenvalue weighted by molar-refractivity contribution is 5.81. The van der Waals surface area contributed by atoms with Crippen LogP contribution in [-0.4, -0.2) is 41.0 Å². The van der Waals surface area contributed by atoms with Gasteiger partial charge in [0.2, 0.25) is 5.91 Å². The summed E-state index contributed by atoms with van der Waals surface area (Å²) in [6, 6.07) is -0.170. The summed E-state index contributed by atoms with van der Waals surface area (Å²) in [6.45, 7) is 10.9. The van der Waals surface area contributed by atoms with Crippen LogP contribution < -0.4 is 5.73 Å². The second-order valence-corrected chi connectivity index (χ2v) is 7.91. The molecule has 5 nitrogen and oxygen atoms in total. The van der Waals surface area contributed by atoms with E-state index in [1.165, 1.54) is 0 Å². The summed E-state index contributed by atoms with van der Waals surface area (Å²) in [5.74, 6) is -0.807. The Hall–Kier alpha value is -1.10. The van der Waals surface area contributed by atoms with Gasteiger partial charge in [-0.3, -0.25) is 9.59 Å². The summed E-state index contributed by atoms with van der Waals surface area (Å²) in [6.07, 6.45) is 1.60. The van der Waals surface area contributed by atoms with E-state index in [4.69, 9.17) is 5.73 Å². The Bertz CT molecular complexity index is 401. The van der Waals surface area contributed by atoms with Crippen LogP contribution in [0.15, 0.2) is 0 Å². The maximum atomic E-state index is 12.3. The van der Waals surface area contributed by atoms with Crippen molar-refractivity contribution >= 4 is 11.9 Å². The third-order valence-corrected chi connectivity index (χ3v) is 4.50. The topological polar surface area (TPSA) is 83.6 Å². The summed E-state index contributed by atoms with van der Waals surface area (Å²) in [4.78, 5) is 25.6. The fourth-order valence-electron chi connectivity index (χ4n) is 3.15. The van der Waals surface area contributed by atoms with Gasteiger partial charge in [-0.05, 0) is 24.2 Å². The monoisotopic (exact) mass is 298 g/mol. The van der Waals surface area contributed by atoms with Gasteiger partial charge in [0.15, 0.2) is 0 Å². The minimum atomic E-state index is -0.802. The smallest absolute Gasteiger partial charge is 0.311 e. The van der Waals surface area contributed by atoms with Crippen molar-refractivity contribution in [1.29, 1.82) is 0 Å². The molecule has 0 spiro atoms. The van der Waals surface area contributed by atoms with Crippen molar-refractivity contribution in [2.24, 2.45) is 22.5 Å². The maximum Gasteiger partial charge on any atom is 0.311 e. The van der Waals surface area contributed by atoms with E-state index in [0.29, 0.717) is 25.9 Å². The molecule has 1 aliphatic rings. The fourth-order valence-corrected chi connectivity index (χ4v) is 3.15. The van der Waals surface area contributed by atoms with E-state index in [0.717, 1.165) is 6.42 Å². The minimum absolute atomic E-state index is 0.0102. The molecule has 21 heavy (non-hydrogen) atoms. The molecule has 1 saturated heterocycles. The zero-order chi connectivity index (χ0) is 16.4. The van der Waals surface area contributed by atoms with Gasteiger partial charge in [-0.2, -0.15) is 0 Å². The molecular weight excluding hydrogens is 268 g/mol. The molecule has 0 aromatic heterocycles. The number of nitrogens with zero attached hydrogens (tertiary/aromatic N) is 1. The minimum Gasteiger partial charge on any atom is -0.481 e. The molecule has 5 heteroatoms. The number of carboxylic acid groups (broad SMARTS) is 1. The Labute approximate surface area is 127 Å². The number of amides is 1. The Morgan fingerprint density at radius 2 is 1.90 bits per heavy atom. The quantitative estimate of drug-likeness (QED) is 0.814. The zero-order valence-electron chi connectivity index (χ0n) is 14.0. The first-order chi connectivity index (χ1) is 9.48. The molecule has 1 rings (SSSR count). The second-order valence-electron chi connectivity index (χ2n) is 7.91. The highest BCUT2D eigenvalue weighted by atomic mass is 16.4. The number of hydrogen-bond acceptors (Lipinski definition) is 3. The summed E-state index contributed by atoms with van der Waals surface area (Å²) >= 11 is 0. The van der Waals surface area contributed by atoms with Crippen molar-refractivity contribution in [3.63, 3.8) is 0 Å². The SMILES string of the molecule is CC(C)C1(C(=O)O)CCN(C(=O)CC(N)CC(C)(C)C)C1. The molecule has 1 fully saturated rings. The van der Waals surface area contributed by atoms with Crippen LogP contribution in [0.25, 0.3) is 0 Å². The van der Waals surface area contributed by atoms with Crippen LogP contribution in [0, 0.1) is 16.7 Å². The van der Waals surface area contributed by atoms with E-state index in [1.807, 2.05) is 13.8 Å². The van der Waals surface area contributed by atoms with E-state index >= 15 is 0 Å². The lowest BCUT2D eigenvalue weighted by Crippen LogP contribution is -2.42. The summed E-state index contributed by atoms with van der Waals surface area (Å²) in [5, 5.41) is 9.51. The van der Waals surface area contributed by atoms with Crippen molar-refractivity contribution in [3.8, 4) is 0 Å². The molecule has 0 radical (unpaired) electrons. The van der Waals surface area contributed by atoms with Crippen molar-refractivity contribution in [3.05, 3.63) is 0 Å². The van der Waals surface area contributed by atoms with Crippen LogP contribution in [0.1, 0.15) is 53.9 Å². The molecular formula is C16H30N2O3. The second kappa shape index (κ2) is 6.34. The van der Waals surface area contributed by atoms with Gasteiger partial charge in [0.1, 0.15) is 0 Å². The number of likely N-dealkylation sites (tertiary alicyclic amines) is 1. The van der Waals surface area contributed by atoms with Crippen LogP contribution in [0.5, 0.6) is 0 Å². The number of carboxylic acids is 1. The normalized spacial score (nSPS) is 24.4. The zero-order valence-corrected chi connectivity index (χ0v) is 14.0. The molecule has 122 valence electrons. The van der Waals surface area contributed by atoms with E-state index in [-0.39, 0.29) is 23.3 Å². The van der Waals surface area contributed by atoms with Gasteiger partial charge in [0.25, 0.3) is 0 Å². The van der Waals surface area contributed by atoms with Crippen molar-refractivity contribution in [2.45, 2.75) is 59.9 Å². The van der Waals surface area contributed by atoms with E-state index < -0.39 is 11.4 Å². The van der Waals surface area contributed by atoms with Crippen molar-refractivity contribution in [2.75, 3.05) is 13.1 Å². The Kier molecular flexibility index (Phi) is 5.42. The van der Waals surface area contributed by atoms with Crippen LogP contribution in [-0.2, 0) is 9.59 Å². The first-order valence-electron chi connectivity index (χ1n) is 7.75. The highest BCUT2D eigenvalue weighted by Gasteiger charge is 2.48. The van der Waals surface area contributed by atoms with Gasteiger partial charge in [0.05, 0.1) is 5.41 Å². The molecule has 0 aliphatic carbocycles. The molecule has 1 amide bonds. The highest BCUT2D eigenvalue weighted by Crippen LogP contribution is 2.38. The fraction of sp³-hybridized carbons (Fsp3) is 0.875. The van der Waals surface area contributed by atoms with E-state index in [1.54, 1.807) is 4.90 Å². The van der Waals surface area contributed by atoms with Crippen LogP contribution in [0.4, 0.5) is 0 Å². The van der Waals surface area contributed by atoms with Crippen LogP contribution in [0.2, 0.25) is 0 Å². The van der Waals surface area contributed by atoms with Crippen molar-refractivity contribution in [1.82, 2.24) is 4.90 Å². The first-order valence-corrected chi connectivity index (χ1v) is 7.75. The molecule has 2 unspecified atom stereocenters. The lowest BCUT2D eigenvalue weighted by atomic mass is 9.76. The van der Waals surface area contributed by atoms with Gasteiger partial charge in [-0.25, -0.2) is 0 Å². The first kappa shape index (κ1) is 18.0. The summed E-state index contributed by atoms with van der Waals surface area (Å²) in [7, 11) is 0. The van der Waals surface area contributed by atoms with E-state index in [2.05, 4.69) is 20.8 Å². The van der Waals surface area contributed by atoms with Crippen LogP contribution in [0.3, 0.4) is 0 Å². The number of hydrogen-bond donors (Lipinski definition) is 2. The summed E-state index contributed by atoms with van der Waals surface area (Å²) < 4.78 is 0. The van der Waals surface area contributed by atoms with Gasteiger partial charge in [-0.1, -0.05) is 34.6 Å². The van der Waals surface area contributed by atoms with Gasteiger partial charge in [0, 0.05) is 25.6 Å². The third-order valence-electron chi connectivity index (χ3n) is 4.50. The average molecular weight is 298 g/mol. The molecule has 3 N–H and O–H groups in total. The standard InChI is InChI=1S/C16H30N2O3/c1-11(2)16(14(20)21)6-7-18(10-16)13(19)8-12(17)9-15(3,4)5/h11-12H,6-10,17H2,1-5H3,(H,20,21). The van der Waals surface area contributed by atoms with Gasteiger partial charge < -0.3 is 15.7 Å².